The molecule has 180 valence electrons. The third kappa shape index (κ3) is 3.67. The van der Waals surface area contributed by atoms with E-state index in [9.17, 15) is 14.4 Å². The van der Waals surface area contributed by atoms with Gasteiger partial charge in [-0.05, 0) is 69.0 Å². The first kappa shape index (κ1) is 23.4. The minimum absolute atomic E-state index is 0.0558. The summed E-state index contributed by atoms with van der Waals surface area (Å²) in [7, 11) is 0. The Morgan fingerprint density at radius 1 is 1.00 bits per heavy atom. The molecular weight excluding hydrogens is 462 g/mol. The normalized spacial score (nSPS) is 19.1. The first-order valence-electron chi connectivity index (χ1n) is 11.9. The third-order valence-electron chi connectivity index (χ3n) is 7.59. The number of aromatic nitrogens is 1. The molecule has 6 nitrogen and oxygen atoms in total. The summed E-state index contributed by atoms with van der Waals surface area (Å²) < 4.78 is 0. The molecule has 2 aromatic carbocycles. The molecule has 1 unspecified atom stereocenters. The summed E-state index contributed by atoms with van der Waals surface area (Å²) in [5.41, 5.74) is 3.79. The minimum atomic E-state index is -0.564. The smallest absolute Gasteiger partial charge is 0.270 e. The van der Waals surface area contributed by atoms with Gasteiger partial charge >= 0.3 is 0 Å². The summed E-state index contributed by atoms with van der Waals surface area (Å²) in [6.45, 7) is 6.09. The number of nitrogens with one attached hydrogen (secondary N) is 1. The van der Waals surface area contributed by atoms with Crippen LogP contribution in [0.2, 0.25) is 5.02 Å². The number of H-pyrrole nitrogens is 1. The highest BCUT2D eigenvalue weighted by Gasteiger charge is 2.62. The average Bonchev–Trinajstić information content (AvgIpc) is 3.17. The number of anilines is 1. The molecule has 0 bridgehead atoms. The van der Waals surface area contributed by atoms with Gasteiger partial charge in [-0.2, -0.15) is 0 Å². The van der Waals surface area contributed by atoms with Crippen LogP contribution in [0, 0.1) is 19.3 Å². The van der Waals surface area contributed by atoms with Gasteiger partial charge in [0.15, 0.2) is 5.78 Å². The van der Waals surface area contributed by atoms with Gasteiger partial charge in [-0.3, -0.25) is 14.4 Å². The van der Waals surface area contributed by atoms with E-state index in [-0.39, 0.29) is 23.6 Å². The van der Waals surface area contributed by atoms with Crippen LogP contribution >= 0.6 is 11.6 Å². The lowest BCUT2D eigenvalue weighted by Crippen LogP contribution is -2.67. The van der Waals surface area contributed by atoms with Crippen LogP contribution in [0.1, 0.15) is 63.5 Å². The fourth-order valence-corrected chi connectivity index (χ4v) is 6.00. The van der Waals surface area contributed by atoms with E-state index < -0.39 is 5.41 Å². The number of carbonyl (C=O) groups is 3. The van der Waals surface area contributed by atoms with Gasteiger partial charge in [0.1, 0.15) is 5.69 Å². The Balaban J connectivity index is 1.42. The zero-order valence-electron chi connectivity index (χ0n) is 20.1. The Hall–Kier alpha value is -3.38. The lowest BCUT2D eigenvalue weighted by molar-refractivity contribution is -0.144. The van der Waals surface area contributed by atoms with Crippen LogP contribution in [0.15, 0.2) is 54.6 Å². The number of Topliss-reactive ketones (excluding diaryl/α,β-unsaturated/α-hetero) is 1. The Morgan fingerprint density at radius 2 is 1.63 bits per heavy atom. The van der Waals surface area contributed by atoms with E-state index in [2.05, 4.69) is 4.98 Å². The number of halogens is 1. The molecule has 0 aliphatic carbocycles. The van der Waals surface area contributed by atoms with Crippen molar-refractivity contribution in [3.63, 3.8) is 0 Å². The summed E-state index contributed by atoms with van der Waals surface area (Å²) in [5.74, 6) is -0.0797. The molecule has 2 saturated heterocycles. The maximum absolute atomic E-state index is 13.7. The summed E-state index contributed by atoms with van der Waals surface area (Å²) in [6, 6.07) is 17.3. The van der Waals surface area contributed by atoms with Crippen molar-refractivity contribution in [2.75, 3.05) is 18.0 Å². The van der Waals surface area contributed by atoms with Gasteiger partial charge in [-0.15, -0.1) is 0 Å². The van der Waals surface area contributed by atoms with E-state index >= 15 is 0 Å². The molecule has 7 heteroatoms. The fourth-order valence-electron chi connectivity index (χ4n) is 5.87. The predicted octanol–water partition coefficient (Wildman–Crippen LogP) is 5.50. The molecule has 1 spiro atoms. The third-order valence-corrected chi connectivity index (χ3v) is 7.84. The molecule has 0 saturated carbocycles. The molecule has 1 atom stereocenters. The molecule has 2 fully saturated rings. The molecule has 3 heterocycles. The highest BCUT2D eigenvalue weighted by atomic mass is 35.5. The van der Waals surface area contributed by atoms with Crippen LogP contribution in [0.4, 0.5) is 5.69 Å². The number of β-lactam (4-membered cyclic amide) rings is 1. The van der Waals surface area contributed by atoms with E-state index in [0.29, 0.717) is 53.5 Å². The van der Waals surface area contributed by atoms with Gasteiger partial charge in [0, 0.05) is 35.1 Å². The second-order valence-corrected chi connectivity index (χ2v) is 10.0. The van der Waals surface area contributed by atoms with Gasteiger partial charge in [-0.25, -0.2) is 0 Å². The van der Waals surface area contributed by atoms with Crippen molar-refractivity contribution in [1.82, 2.24) is 9.88 Å². The Kier molecular flexibility index (Phi) is 5.80. The predicted molar refractivity (Wildman–Crippen MR) is 136 cm³/mol. The molecule has 1 aromatic heterocycles. The number of carbonyl (C=O) groups excluding carboxylic acids is 3. The van der Waals surface area contributed by atoms with E-state index in [1.807, 2.05) is 73.3 Å². The molecule has 1 N–H and O–H groups in total. The van der Waals surface area contributed by atoms with Crippen LogP contribution in [-0.4, -0.2) is 40.6 Å². The molecule has 0 radical (unpaired) electrons. The standard InChI is InChI=1S/C28H28ClN3O3/c1-17-23(19(3)33)18(2)30-24(17)26(34)31-15-13-28(14-16-31)25(20-9-11-21(29)12-10-20)32(27(28)35)22-7-5-4-6-8-22/h4-12,25,30H,13-16H2,1-3H3. The zero-order chi connectivity index (χ0) is 24.9. The van der Waals surface area contributed by atoms with Crippen molar-refractivity contribution in [3.05, 3.63) is 87.7 Å². The number of likely N-dealkylation sites (tertiary alicyclic amines) is 1. The number of aromatic amines is 1. The minimum Gasteiger partial charge on any atom is -0.354 e. The van der Waals surface area contributed by atoms with Crippen LogP contribution in [0.3, 0.4) is 0 Å². The molecule has 2 aliphatic rings. The first-order chi connectivity index (χ1) is 16.7. The number of ketones is 1. The summed E-state index contributed by atoms with van der Waals surface area (Å²) >= 11 is 6.15. The Labute approximate surface area is 209 Å². The number of piperidine rings is 1. The highest BCUT2D eigenvalue weighted by molar-refractivity contribution is 6.30. The summed E-state index contributed by atoms with van der Waals surface area (Å²) in [5, 5.41) is 0.654. The van der Waals surface area contributed by atoms with Crippen LogP contribution in [0.5, 0.6) is 0 Å². The number of nitrogens with zero attached hydrogens (tertiary/aromatic N) is 2. The Morgan fingerprint density at radius 3 is 2.20 bits per heavy atom. The maximum atomic E-state index is 13.7. The SMILES string of the molecule is CC(=O)c1c(C)[nH]c(C(=O)N2CCC3(CC2)C(=O)N(c2ccccc2)C3c2ccc(Cl)cc2)c1C. The monoisotopic (exact) mass is 489 g/mol. The molecule has 3 aromatic rings. The zero-order valence-corrected chi connectivity index (χ0v) is 20.9. The lowest BCUT2D eigenvalue weighted by atomic mass is 9.62. The molecular formula is C28H28ClN3O3. The van der Waals surface area contributed by atoms with E-state index in [1.165, 1.54) is 6.92 Å². The van der Waals surface area contributed by atoms with Crippen molar-refractivity contribution >= 4 is 34.9 Å². The number of hydrogen-bond donors (Lipinski definition) is 1. The number of aryl methyl sites for hydroxylation is 1. The number of benzene rings is 2. The second-order valence-electron chi connectivity index (χ2n) is 9.59. The van der Waals surface area contributed by atoms with Gasteiger partial charge in [0.2, 0.25) is 5.91 Å². The van der Waals surface area contributed by atoms with Gasteiger partial charge in [0.25, 0.3) is 5.91 Å². The van der Waals surface area contributed by atoms with Crippen LogP contribution < -0.4 is 4.90 Å². The average molecular weight is 490 g/mol. The fraction of sp³-hybridized carbons (Fsp3) is 0.321. The summed E-state index contributed by atoms with van der Waals surface area (Å²) in [6.07, 6.45) is 1.15. The second kappa shape index (κ2) is 8.68. The van der Waals surface area contributed by atoms with Crippen molar-refractivity contribution in [2.24, 2.45) is 5.41 Å². The van der Waals surface area contributed by atoms with Crippen molar-refractivity contribution in [2.45, 2.75) is 39.7 Å². The first-order valence-corrected chi connectivity index (χ1v) is 12.3. The van der Waals surface area contributed by atoms with E-state index in [1.54, 1.807) is 4.90 Å². The quantitative estimate of drug-likeness (QED) is 0.388. The number of hydrogen-bond acceptors (Lipinski definition) is 3. The van der Waals surface area contributed by atoms with Crippen molar-refractivity contribution < 1.29 is 14.4 Å². The van der Waals surface area contributed by atoms with Crippen molar-refractivity contribution in [1.29, 1.82) is 0 Å². The van der Waals surface area contributed by atoms with Gasteiger partial charge in [0.05, 0.1) is 11.5 Å². The number of amides is 2. The molecule has 35 heavy (non-hydrogen) atoms. The topological polar surface area (TPSA) is 73.5 Å². The Bertz CT molecular complexity index is 1310. The van der Waals surface area contributed by atoms with Gasteiger partial charge < -0.3 is 14.8 Å². The maximum Gasteiger partial charge on any atom is 0.270 e. The van der Waals surface area contributed by atoms with Gasteiger partial charge in [-0.1, -0.05) is 41.9 Å². The van der Waals surface area contributed by atoms with Crippen LogP contribution in [0.25, 0.3) is 0 Å². The van der Waals surface area contributed by atoms with Crippen molar-refractivity contribution in [3.8, 4) is 0 Å². The largest absolute Gasteiger partial charge is 0.354 e. The summed E-state index contributed by atoms with van der Waals surface area (Å²) in [4.78, 5) is 45.8. The molecule has 2 amide bonds. The van der Waals surface area contributed by atoms with Crippen LogP contribution in [-0.2, 0) is 4.79 Å². The molecule has 5 rings (SSSR count). The number of para-hydroxylation sites is 1. The molecule has 2 aliphatic heterocycles. The number of rotatable bonds is 4. The van der Waals surface area contributed by atoms with E-state index in [4.69, 9.17) is 11.6 Å². The van der Waals surface area contributed by atoms with E-state index in [0.717, 1.165) is 11.3 Å². The lowest BCUT2D eigenvalue weighted by Gasteiger charge is -2.59. The highest BCUT2D eigenvalue weighted by Crippen LogP contribution is 2.57.